The molecule has 0 fully saturated rings. The molecule has 1 nitrogen and oxygen atoms in total. The van der Waals surface area contributed by atoms with Crippen LogP contribution in [0.25, 0.3) is 76.8 Å². The predicted octanol–water partition coefficient (Wildman–Crippen LogP) is 15.3. The number of benzene rings is 10. The summed E-state index contributed by atoms with van der Waals surface area (Å²) in [6.45, 7) is 0. The molecule has 0 saturated heterocycles. The van der Waals surface area contributed by atoms with E-state index in [0.29, 0.717) is 0 Å². The minimum atomic E-state index is 1.09. The molecule has 0 N–H and O–H groups in total. The van der Waals surface area contributed by atoms with Gasteiger partial charge in [-0.2, -0.15) is 0 Å². The normalized spacial score (nSPS) is 11.3. The average molecular weight is 700 g/mol. The minimum absolute atomic E-state index is 1.09. The number of rotatable bonds is 7. The first-order valence-corrected chi connectivity index (χ1v) is 18.9. The molecular formula is C54H37N. The second-order valence-electron chi connectivity index (χ2n) is 14.1. The molecular weight excluding hydrogens is 663 g/mol. The topological polar surface area (TPSA) is 3.24 Å². The molecule has 0 saturated carbocycles. The Morgan fingerprint density at radius 3 is 1.24 bits per heavy atom. The molecule has 10 aromatic rings. The standard InChI is InChI=1S/C54H37N/c1-2-14-41(15-3-1)53-35-32-44(52-29-13-21-40-18-6-9-26-49(40)52)37-54(53)55(45-33-30-42(31-34-45)50-27-11-19-38-16-4-7-24-47(38)50)46-23-10-22-43(36-46)51-28-12-20-39-17-5-8-25-48(39)51/h1-37H. The molecule has 10 rings (SSSR count). The fraction of sp³-hybridized carbons (Fsp3) is 0. The van der Waals surface area contributed by atoms with Crippen molar-refractivity contribution in [3.63, 3.8) is 0 Å². The highest BCUT2D eigenvalue weighted by molar-refractivity contribution is 6.01. The smallest absolute Gasteiger partial charge is 0.0546 e. The van der Waals surface area contributed by atoms with E-state index < -0.39 is 0 Å². The molecule has 0 aromatic heterocycles. The van der Waals surface area contributed by atoms with E-state index in [1.54, 1.807) is 0 Å². The van der Waals surface area contributed by atoms with Crippen LogP contribution in [0.5, 0.6) is 0 Å². The molecule has 1 heteroatoms. The fourth-order valence-electron chi connectivity index (χ4n) is 8.21. The van der Waals surface area contributed by atoms with Gasteiger partial charge in [-0.1, -0.05) is 194 Å². The highest BCUT2D eigenvalue weighted by atomic mass is 15.1. The fourth-order valence-corrected chi connectivity index (χ4v) is 8.21. The maximum atomic E-state index is 2.44. The Morgan fingerprint density at radius 1 is 0.236 bits per heavy atom. The molecule has 0 bridgehead atoms. The van der Waals surface area contributed by atoms with Gasteiger partial charge >= 0.3 is 0 Å². The lowest BCUT2D eigenvalue weighted by Gasteiger charge is -2.29. The SMILES string of the molecule is c1ccc(-c2ccc(-c3cccc4ccccc34)cc2N(c2ccc(-c3cccc4ccccc34)cc2)c2cccc(-c3cccc4ccccc34)c2)cc1. The van der Waals surface area contributed by atoms with E-state index in [4.69, 9.17) is 0 Å². The molecule has 0 radical (unpaired) electrons. The van der Waals surface area contributed by atoms with Crippen LogP contribution in [-0.4, -0.2) is 0 Å². The zero-order valence-electron chi connectivity index (χ0n) is 30.3. The molecule has 55 heavy (non-hydrogen) atoms. The van der Waals surface area contributed by atoms with Gasteiger partial charge in [0.25, 0.3) is 0 Å². The summed E-state index contributed by atoms with van der Waals surface area (Å²) in [6, 6.07) is 81.6. The van der Waals surface area contributed by atoms with E-state index in [0.717, 1.165) is 17.1 Å². The van der Waals surface area contributed by atoms with Crippen LogP contribution in [0.2, 0.25) is 0 Å². The van der Waals surface area contributed by atoms with Gasteiger partial charge in [0.05, 0.1) is 5.69 Å². The quantitative estimate of drug-likeness (QED) is 0.160. The summed E-state index contributed by atoms with van der Waals surface area (Å²) in [4.78, 5) is 2.44. The van der Waals surface area contributed by atoms with Crippen LogP contribution < -0.4 is 4.90 Å². The molecule has 0 aliphatic heterocycles. The second kappa shape index (κ2) is 14.0. The van der Waals surface area contributed by atoms with Crippen molar-refractivity contribution in [2.45, 2.75) is 0 Å². The highest BCUT2D eigenvalue weighted by Crippen LogP contribution is 2.45. The Labute approximate surface area is 322 Å². The van der Waals surface area contributed by atoms with E-state index in [1.807, 2.05) is 0 Å². The molecule has 258 valence electrons. The zero-order valence-corrected chi connectivity index (χ0v) is 30.3. The number of anilines is 3. The van der Waals surface area contributed by atoms with E-state index in [-0.39, 0.29) is 0 Å². The van der Waals surface area contributed by atoms with Crippen molar-refractivity contribution in [2.24, 2.45) is 0 Å². The molecule has 0 unspecified atom stereocenters. The van der Waals surface area contributed by atoms with E-state index in [9.17, 15) is 0 Å². The van der Waals surface area contributed by atoms with Crippen molar-refractivity contribution in [2.75, 3.05) is 4.90 Å². The van der Waals surface area contributed by atoms with E-state index in [1.165, 1.54) is 76.8 Å². The van der Waals surface area contributed by atoms with Crippen LogP contribution in [-0.2, 0) is 0 Å². The molecule has 0 aliphatic carbocycles. The lowest BCUT2D eigenvalue weighted by Crippen LogP contribution is -2.11. The van der Waals surface area contributed by atoms with Crippen molar-refractivity contribution in [1.82, 2.24) is 0 Å². The van der Waals surface area contributed by atoms with Crippen LogP contribution in [0, 0.1) is 0 Å². The number of fused-ring (bicyclic) bond motifs is 3. The van der Waals surface area contributed by atoms with Crippen molar-refractivity contribution < 1.29 is 0 Å². The lowest BCUT2D eigenvalue weighted by molar-refractivity contribution is 1.28. The molecule has 0 atom stereocenters. The zero-order chi connectivity index (χ0) is 36.6. The summed E-state index contributed by atoms with van der Waals surface area (Å²) >= 11 is 0. The van der Waals surface area contributed by atoms with Gasteiger partial charge in [-0.15, -0.1) is 0 Å². The van der Waals surface area contributed by atoms with Crippen molar-refractivity contribution in [1.29, 1.82) is 0 Å². The Morgan fingerprint density at radius 2 is 0.655 bits per heavy atom. The number of hydrogen-bond acceptors (Lipinski definition) is 1. The second-order valence-corrected chi connectivity index (χ2v) is 14.1. The lowest BCUT2D eigenvalue weighted by atomic mass is 9.93. The maximum Gasteiger partial charge on any atom is 0.0546 e. The van der Waals surface area contributed by atoms with Crippen LogP contribution in [0.15, 0.2) is 224 Å². The van der Waals surface area contributed by atoms with Gasteiger partial charge in [-0.05, 0) is 102 Å². The summed E-state index contributed by atoms with van der Waals surface area (Å²) in [5.41, 5.74) is 12.9. The molecule has 0 heterocycles. The number of hydrogen-bond donors (Lipinski definition) is 0. The third-order valence-corrected chi connectivity index (χ3v) is 10.9. The van der Waals surface area contributed by atoms with Crippen LogP contribution in [0.4, 0.5) is 17.1 Å². The Balaban J connectivity index is 1.21. The van der Waals surface area contributed by atoms with E-state index >= 15 is 0 Å². The van der Waals surface area contributed by atoms with Crippen LogP contribution in [0.1, 0.15) is 0 Å². The van der Waals surface area contributed by atoms with Crippen molar-refractivity contribution in [3.8, 4) is 44.5 Å². The Hall–Kier alpha value is -7.22. The Kier molecular flexibility index (Phi) is 8.24. The molecule has 0 spiro atoms. The van der Waals surface area contributed by atoms with Gasteiger partial charge in [0.15, 0.2) is 0 Å². The minimum Gasteiger partial charge on any atom is -0.310 e. The van der Waals surface area contributed by atoms with Gasteiger partial charge in [-0.3, -0.25) is 0 Å². The summed E-state index contributed by atoms with van der Waals surface area (Å²) < 4.78 is 0. The third-order valence-electron chi connectivity index (χ3n) is 10.9. The molecule has 0 aliphatic rings. The predicted molar refractivity (Wildman–Crippen MR) is 235 cm³/mol. The first kappa shape index (κ1) is 32.4. The van der Waals surface area contributed by atoms with Crippen LogP contribution in [0.3, 0.4) is 0 Å². The molecule has 10 aromatic carbocycles. The number of nitrogens with zero attached hydrogens (tertiary/aromatic N) is 1. The highest BCUT2D eigenvalue weighted by Gasteiger charge is 2.20. The van der Waals surface area contributed by atoms with Gasteiger partial charge in [0, 0.05) is 16.9 Å². The summed E-state index contributed by atoms with van der Waals surface area (Å²) in [5.74, 6) is 0. The van der Waals surface area contributed by atoms with Gasteiger partial charge < -0.3 is 4.90 Å². The monoisotopic (exact) mass is 699 g/mol. The summed E-state index contributed by atoms with van der Waals surface area (Å²) in [6.07, 6.45) is 0. The first-order chi connectivity index (χ1) is 27.3. The van der Waals surface area contributed by atoms with Crippen LogP contribution >= 0.6 is 0 Å². The van der Waals surface area contributed by atoms with Gasteiger partial charge in [-0.25, -0.2) is 0 Å². The summed E-state index contributed by atoms with van der Waals surface area (Å²) in [5, 5.41) is 7.46. The van der Waals surface area contributed by atoms with E-state index in [2.05, 4.69) is 229 Å². The summed E-state index contributed by atoms with van der Waals surface area (Å²) in [7, 11) is 0. The largest absolute Gasteiger partial charge is 0.310 e. The third kappa shape index (κ3) is 6.02. The van der Waals surface area contributed by atoms with Crippen molar-refractivity contribution >= 4 is 49.4 Å². The van der Waals surface area contributed by atoms with Gasteiger partial charge in [0.1, 0.15) is 0 Å². The van der Waals surface area contributed by atoms with Crippen molar-refractivity contribution in [3.05, 3.63) is 224 Å². The van der Waals surface area contributed by atoms with Gasteiger partial charge in [0.2, 0.25) is 0 Å². The Bertz CT molecular complexity index is 2960. The maximum absolute atomic E-state index is 2.44. The molecule has 0 amide bonds. The first-order valence-electron chi connectivity index (χ1n) is 18.9. The average Bonchev–Trinajstić information content (AvgIpc) is 3.26.